The second-order valence-electron chi connectivity index (χ2n) is 3.37. The molecule has 19 heavy (non-hydrogen) atoms. The molecule has 106 valence electrons. The minimum absolute atomic E-state index is 0.126. The predicted octanol–water partition coefficient (Wildman–Crippen LogP) is 4.29. The molecule has 0 radical (unpaired) electrons. The van der Waals surface area contributed by atoms with E-state index >= 15 is 0 Å². The average Bonchev–Trinajstić information content (AvgIpc) is 3.03. The standard InChI is InChI=1S/C8H5BrFNO.C4H8O.C2H6/c1-12-6-3-2-5(4-11)7(9)8(6)10;1-2-4-5-3-1;1-2/h2-3H,1H3;1-4H2;1-2H3. The van der Waals surface area contributed by atoms with Gasteiger partial charge in [0.1, 0.15) is 6.07 Å². The van der Waals surface area contributed by atoms with Crippen LogP contribution in [0.1, 0.15) is 32.3 Å². The zero-order chi connectivity index (χ0) is 14.7. The lowest BCUT2D eigenvalue weighted by Crippen LogP contribution is -1.90. The Morgan fingerprint density at radius 2 is 1.89 bits per heavy atom. The summed E-state index contributed by atoms with van der Waals surface area (Å²) < 4.78 is 22.9. The molecule has 0 N–H and O–H groups in total. The van der Waals surface area contributed by atoms with Gasteiger partial charge in [-0.05, 0) is 40.9 Å². The van der Waals surface area contributed by atoms with Crippen LogP contribution in [0.3, 0.4) is 0 Å². The monoisotopic (exact) mass is 331 g/mol. The molecule has 0 amide bonds. The van der Waals surface area contributed by atoms with Gasteiger partial charge in [-0.15, -0.1) is 0 Å². The summed E-state index contributed by atoms with van der Waals surface area (Å²) in [6, 6.07) is 4.75. The lowest BCUT2D eigenvalue weighted by atomic mass is 10.2. The maximum Gasteiger partial charge on any atom is 0.180 e. The van der Waals surface area contributed by atoms with Crippen molar-refractivity contribution in [2.75, 3.05) is 20.3 Å². The number of halogens is 2. The first-order valence-electron chi connectivity index (χ1n) is 6.20. The van der Waals surface area contributed by atoms with Crippen LogP contribution in [0.5, 0.6) is 5.75 Å². The molecule has 3 nitrogen and oxygen atoms in total. The molecule has 0 saturated carbocycles. The van der Waals surface area contributed by atoms with E-state index in [-0.39, 0.29) is 15.8 Å². The topological polar surface area (TPSA) is 42.2 Å². The molecule has 0 spiro atoms. The van der Waals surface area contributed by atoms with Gasteiger partial charge in [-0.25, -0.2) is 4.39 Å². The van der Waals surface area contributed by atoms with Gasteiger partial charge >= 0.3 is 0 Å². The first-order valence-corrected chi connectivity index (χ1v) is 6.99. The summed E-state index contributed by atoms with van der Waals surface area (Å²) in [7, 11) is 1.37. The molecular formula is C14H19BrFNO2. The van der Waals surface area contributed by atoms with E-state index in [2.05, 4.69) is 15.9 Å². The van der Waals surface area contributed by atoms with E-state index in [0.717, 1.165) is 13.2 Å². The van der Waals surface area contributed by atoms with Crippen molar-refractivity contribution in [1.82, 2.24) is 0 Å². The van der Waals surface area contributed by atoms with Crippen molar-refractivity contribution in [3.63, 3.8) is 0 Å². The molecule has 2 rings (SSSR count). The van der Waals surface area contributed by atoms with Crippen LogP contribution in [0, 0.1) is 17.1 Å². The number of nitriles is 1. The van der Waals surface area contributed by atoms with E-state index in [1.54, 1.807) is 0 Å². The third-order valence-electron chi connectivity index (χ3n) is 2.21. The van der Waals surface area contributed by atoms with Gasteiger partial charge in [0.15, 0.2) is 11.6 Å². The second kappa shape index (κ2) is 10.8. The highest BCUT2D eigenvalue weighted by Crippen LogP contribution is 2.27. The van der Waals surface area contributed by atoms with Crippen LogP contribution in [0.15, 0.2) is 16.6 Å². The molecule has 1 aliphatic heterocycles. The Hall–Kier alpha value is -1.12. The molecule has 1 aromatic carbocycles. The number of benzene rings is 1. The van der Waals surface area contributed by atoms with E-state index in [9.17, 15) is 4.39 Å². The first kappa shape index (κ1) is 17.9. The van der Waals surface area contributed by atoms with E-state index in [0.29, 0.717) is 0 Å². The summed E-state index contributed by atoms with van der Waals surface area (Å²) in [6.07, 6.45) is 2.56. The average molecular weight is 332 g/mol. The molecule has 1 heterocycles. The van der Waals surface area contributed by atoms with Gasteiger partial charge in [0.25, 0.3) is 0 Å². The second-order valence-corrected chi connectivity index (χ2v) is 4.17. The van der Waals surface area contributed by atoms with Crippen LogP contribution in [0.2, 0.25) is 0 Å². The summed E-state index contributed by atoms with van der Waals surface area (Å²) in [4.78, 5) is 0. The fourth-order valence-corrected chi connectivity index (χ4v) is 1.70. The Morgan fingerprint density at radius 3 is 2.26 bits per heavy atom. The molecular weight excluding hydrogens is 313 g/mol. The zero-order valence-electron chi connectivity index (χ0n) is 11.5. The fraction of sp³-hybridized carbons (Fsp3) is 0.500. The summed E-state index contributed by atoms with van der Waals surface area (Å²) in [6.45, 7) is 6.00. The third-order valence-corrected chi connectivity index (χ3v) is 2.99. The smallest absolute Gasteiger partial charge is 0.180 e. The van der Waals surface area contributed by atoms with Gasteiger partial charge < -0.3 is 9.47 Å². The van der Waals surface area contributed by atoms with Gasteiger partial charge in [0, 0.05) is 13.2 Å². The summed E-state index contributed by atoms with van der Waals surface area (Å²) in [5.74, 6) is -0.419. The quantitative estimate of drug-likeness (QED) is 0.770. The van der Waals surface area contributed by atoms with Gasteiger partial charge in [-0.3, -0.25) is 0 Å². The first-order chi connectivity index (χ1) is 9.20. The van der Waals surface area contributed by atoms with Crippen LogP contribution in [0.4, 0.5) is 4.39 Å². The largest absolute Gasteiger partial charge is 0.494 e. The maximum atomic E-state index is 13.1. The number of nitrogens with zero attached hydrogens (tertiary/aromatic N) is 1. The summed E-state index contributed by atoms with van der Waals surface area (Å²) in [5, 5.41) is 8.52. The molecule has 0 unspecified atom stereocenters. The molecule has 0 aromatic heterocycles. The number of rotatable bonds is 1. The molecule has 0 atom stereocenters. The molecule has 5 heteroatoms. The van der Waals surface area contributed by atoms with E-state index in [1.807, 2.05) is 19.9 Å². The molecule has 1 aliphatic rings. The third kappa shape index (κ3) is 6.04. The minimum atomic E-state index is -0.545. The van der Waals surface area contributed by atoms with E-state index < -0.39 is 5.82 Å². The number of hydrogen-bond donors (Lipinski definition) is 0. The highest BCUT2D eigenvalue weighted by atomic mass is 79.9. The SMILES string of the molecule is C1CCOC1.CC.COc1ccc(C#N)c(Br)c1F. The van der Waals surface area contributed by atoms with Crippen LogP contribution in [0.25, 0.3) is 0 Å². The van der Waals surface area contributed by atoms with Crippen molar-refractivity contribution < 1.29 is 13.9 Å². The van der Waals surface area contributed by atoms with E-state index in [4.69, 9.17) is 14.7 Å². The molecule has 1 saturated heterocycles. The van der Waals surface area contributed by atoms with Gasteiger partial charge in [0.2, 0.25) is 0 Å². The van der Waals surface area contributed by atoms with Crippen LogP contribution >= 0.6 is 15.9 Å². The Kier molecular flexibility index (Phi) is 10.1. The Bertz CT molecular complexity index is 407. The van der Waals surface area contributed by atoms with Crippen molar-refractivity contribution >= 4 is 15.9 Å². The molecule has 1 fully saturated rings. The van der Waals surface area contributed by atoms with Gasteiger partial charge in [-0.2, -0.15) is 5.26 Å². The Balaban J connectivity index is 0.000000383. The number of ether oxygens (including phenoxy) is 2. The van der Waals surface area contributed by atoms with Crippen LogP contribution in [-0.2, 0) is 4.74 Å². The maximum absolute atomic E-state index is 13.1. The summed E-state index contributed by atoms with van der Waals surface area (Å²) in [5.41, 5.74) is 0.258. The van der Waals surface area contributed by atoms with Crippen molar-refractivity contribution in [3.05, 3.63) is 28.0 Å². The van der Waals surface area contributed by atoms with Gasteiger partial charge in [-0.1, -0.05) is 13.8 Å². The highest BCUT2D eigenvalue weighted by Gasteiger charge is 2.10. The van der Waals surface area contributed by atoms with Crippen molar-refractivity contribution in [3.8, 4) is 11.8 Å². The number of hydrogen-bond acceptors (Lipinski definition) is 3. The summed E-state index contributed by atoms with van der Waals surface area (Å²) >= 11 is 2.95. The lowest BCUT2D eigenvalue weighted by Gasteiger charge is -2.03. The molecule has 0 bridgehead atoms. The van der Waals surface area contributed by atoms with Crippen molar-refractivity contribution in [2.45, 2.75) is 26.7 Å². The highest BCUT2D eigenvalue weighted by molar-refractivity contribution is 9.10. The fourth-order valence-electron chi connectivity index (χ4n) is 1.29. The van der Waals surface area contributed by atoms with Gasteiger partial charge in [0.05, 0.1) is 17.1 Å². The molecule has 1 aromatic rings. The Morgan fingerprint density at radius 1 is 1.32 bits per heavy atom. The van der Waals surface area contributed by atoms with E-state index in [1.165, 1.54) is 32.1 Å². The van der Waals surface area contributed by atoms with Crippen molar-refractivity contribution in [1.29, 1.82) is 5.26 Å². The predicted molar refractivity (Wildman–Crippen MR) is 76.8 cm³/mol. The molecule has 0 aliphatic carbocycles. The van der Waals surface area contributed by atoms with Crippen LogP contribution in [-0.4, -0.2) is 20.3 Å². The zero-order valence-corrected chi connectivity index (χ0v) is 13.1. The minimum Gasteiger partial charge on any atom is -0.494 e. The number of methoxy groups -OCH3 is 1. The normalized spacial score (nSPS) is 12.4. The van der Waals surface area contributed by atoms with Crippen molar-refractivity contribution in [2.24, 2.45) is 0 Å². The Labute approximate surface area is 122 Å². The lowest BCUT2D eigenvalue weighted by molar-refractivity contribution is 0.198. The van der Waals surface area contributed by atoms with Crippen LogP contribution < -0.4 is 4.74 Å².